The molecule has 102 valence electrons. The third kappa shape index (κ3) is 2.31. The molecule has 2 N–H and O–H groups in total. The smallest absolute Gasteiger partial charge is 0.247 e. The van der Waals surface area contributed by atoms with Crippen molar-refractivity contribution >= 4 is 27.3 Å². The van der Waals surface area contributed by atoms with Crippen LogP contribution in [-0.2, 0) is 14.8 Å². The quantitative estimate of drug-likeness (QED) is 0.808. The van der Waals surface area contributed by atoms with Gasteiger partial charge in [0.1, 0.15) is 6.04 Å². The summed E-state index contributed by atoms with van der Waals surface area (Å²) in [6.45, 7) is 0.516. The van der Waals surface area contributed by atoms with Crippen LogP contribution in [0.15, 0.2) is 24.3 Å². The average molecular weight is 281 g/mol. The summed E-state index contributed by atoms with van der Waals surface area (Å²) in [6.07, 6.45) is 1.63. The second-order valence-electron chi connectivity index (χ2n) is 5.00. The van der Waals surface area contributed by atoms with Gasteiger partial charge < -0.3 is 10.2 Å². The van der Waals surface area contributed by atoms with Crippen molar-refractivity contribution < 1.29 is 13.2 Å². The summed E-state index contributed by atoms with van der Waals surface area (Å²) in [5, 5.41) is 2.86. The maximum atomic E-state index is 12.0. The Morgan fingerprint density at radius 2 is 2.11 bits per heavy atom. The van der Waals surface area contributed by atoms with Gasteiger partial charge in [-0.15, -0.1) is 0 Å². The molecule has 2 aliphatic rings. The minimum atomic E-state index is -3.25. The predicted molar refractivity (Wildman–Crippen MR) is 72.6 cm³/mol. The van der Waals surface area contributed by atoms with E-state index in [1.807, 2.05) is 29.2 Å². The second-order valence-corrected chi connectivity index (χ2v) is 6.78. The van der Waals surface area contributed by atoms with Crippen LogP contribution in [0.4, 0.5) is 11.4 Å². The van der Waals surface area contributed by atoms with E-state index in [9.17, 15) is 13.2 Å². The van der Waals surface area contributed by atoms with Crippen molar-refractivity contribution in [1.29, 1.82) is 0 Å². The molecule has 2 aliphatic heterocycles. The lowest BCUT2D eigenvalue weighted by molar-refractivity contribution is -0.117. The summed E-state index contributed by atoms with van der Waals surface area (Å²) in [6, 6.07) is 7.03. The number of nitrogens with one attached hydrogen (secondary N) is 2. The van der Waals surface area contributed by atoms with Gasteiger partial charge in [-0.2, -0.15) is 0 Å². The van der Waals surface area contributed by atoms with Crippen LogP contribution >= 0.6 is 0 Å². The molecule has 7 heteroatoms. The largest absolute Gasteiger partial charge is 0.356 e. The molecule has 1 aromatic carbocycles. The molecule has 1 saturated heterocycles. The SMILES string of the molecule is CS(=O)(=O)NC1CC2C(=O)Nc3ccccc3N2C1. The van der Waals surface area contributed by atoms with Crippen LogP contribution in [0.2, 0.25) is 0 Å². The molecule has 1 aromatic rings. The molecule has 3 rings (SSSR count). The number of para-hydroxylation sites is 2. The number of sulfonamides is 1. The zero-order chi connectivity index (χ0) is 13.6. The van der Waals surface area contributed by atoms with Crippen LogP contribution in [0, 0.1) is 0 Å². The molecule has 6 nitrogen and oxygen atoms in total. The Hall–Kier alpha value is -1.60. The summed E-state index contributed by atoms with van der Waals surface area (Å²) in [7, 11) is -3.25. The van der Waals surface area contributed by atoms with E-state index in [0.29, 0.717) is 13.0 Å². The molecule has 2 heterocycles. The van der Waals surface area contributed by atoms with Crippen LogP contribution in [0.1, 0.15) is 6.42 Å². The standard InChI is InChI=1S/C12H15N3O3S/c1-19(17,18)14-8-6-11-12(16)13-9-4-2-3-5-10(9)15(11)7-8/h2-5,8,11,14H,6-7H2,1H3,(H,13,16). The molecular formula is C12H15N3O3S. The highest BCUT2D eigenvalue weighted by molar-refractivity contribution is 7.88. The Kier molecular flexibility index (Phi) is 2.75. The third-order valence-electron chi connectivity index (χ3n) is 3.46. The van der Waals surface area contributed by atoms with Gasteiger partial charge in [0, 0.05) is 12.6 Å². The minimum Gasteiger partial charge on any atom is -0.356 e. The number of carbonyl (C=O) groups excluding carboxylic acids is 1. The van der Waals surface area contributed by atoms with Crippen LogP contribution in [-0.4, -0.2) is 39.2 Å². The minimum absolute atomic E-state index is 0.0727. The molecule has 0 radical (unpaired) electrons. The lowest BCUT2D eigenvalue weighted by Crippen LogP contribution is -2.43. The maximum Gasteiger partial charge on any atom is 0.247 e. The van der Waals surface area contributed by atoms with Gasteiger partial charge in [-0.05, 0) is 18.6 Å². The van der Waals surface area contributed by atoms with Crippen molar-refractivity contribution in [3.63, 3.8) is 0 Å². The maximum absolute atomic E-state index is 12.0. The topological polar surface area (TPSA) is 78.5 Å². The number of hydrogen-bond acceptors (Lipinski definition) is 4. The predicted octanol–water partition coefficient (Wildman–Crippen LogP) is 0.135. The van der Waals surface area contributed by atoms with E-state index in [1.165, 1.54) is 0 Å². The Morgan fingerprint density at radius 1 is 1.37 bits per heavy atom. The average Bonchev–Trinajstić information content (AvgIpc) is 2.71. The zero-order valence-electron chi connectivity index (χ0n) is 10.5. The summed E-state index contributed by atoms with van der Waals surface area (Å²) in [4.78, 5) is 14.0. The zero-order valence-corrected chi connectivity index (χ0v) is 11.3. The Labute approximate surface area is 111 Å². The van der Waals surface area contributed by atoms with Crippen molar-refractivity contribution in [1.82, 2.24) is 4.72 Å². The van der Waals surface area contributed by atoms with Crippen molar-refractivity contribution in [2.75, 3.05) is 23.0 Å². The van der Waals surface area contributed by atoms with Crippen LogP contribution in [0.3, 0.4) is 0 Å². The van der Waals surface area contributed by atoms with E-state index in [-0.39, 0.29) is 18.0 Å². The summed E-state index contributed by atoms with van der Waals surface area (Å²) >= 11 is 0. The first kappa shape index (κ1) is 12.4. The number of carbonyl (C=O) groups is 1. The van der Waals surface area contributed by atoms with E-state index in [4.69, 9.17) is 0 Å². The van der Waals surface area contributed by atoms with Gasteiger partial charge in [0.05, 0.1) is 17.6 Å². The lowest BCUT2D eigenvalue weighted by atomic mass is 10.1. The summed E-state index contributed by atoms with van der Waals surface area (Å²) in [5.41, 5.74) is 1.73. The highest BCUT2D eigenvalue weighted by atomic mass is 32.2. The highest BCUT2D eigenvalue weighted by Crippen LogP contribution is 2.36. The third-order valence-corrected chi connectivity index (χ3v) is 4.22. The first-order valence-electron chi connectivity index (χ1n) is 6.08. The van der Waals surface area contributed by atoms with Gasteiger partial charge in [0.25, 0.3) is 0 Å². The molecule has 2 atom stereocenters. The lowest BCUT2D eigenvalue weighted by Gasteiger charge is -2.32. The van der Waals surface area contributed by atoms with Gasteiger partial charge in [-0.3, -0.25) is 4.79 Å². The molecule has 19 heavy (non-hydrogen) atoms. The fourth-order valence-corrected chi connectivity index (χ4v) is 3.56. The Balaban J connectivity index is 1.90. The summed E-state index contributed by atoms with van der Waals surface area (Å²) < 4.78 is 25.2. The van der Waals surface area contributed by atoms with Crippen molar-refractivity contribution in [2.45, 2.75) is 18.5 Å². The molecule has 0 bridgehead atoms. The molecule has 0 saturated carbocycles. The molecule has 2 unspecified atom stereocenters. The number of anilines is 2. The van der Waals surface area contributed by atoms with Crippen molar-refractivity contribution in [2.24, 2.45) is 0 Å². The van der Waals surface area contributed by atoms with Gasteiger partial charge in [0.15, 0.2) is 0 Å². The number of fused-ring (bicyclic) bond motifs is 3. The van der Waals surface area contributed by atoms with E-state index in [0.717, 1.165) is 17.6 Å². The number of hydrogen-bond donors (Lipinski definition) is 2. The van der Waals surface area contributed by atoms with Gasteiger partial charge in [0.2, 0.25) is 15.9 Å². The van der Waals surface area contributed by atoms with Crippen LogP contribution < -0.4 is 14.9 Å². The normalized spacial score (nSPS) is 25.7. The van der Waals surface area contributed by atoms with E-state index >= 15 is 0 Å². The van der Waals surface area contributed by atoms with E-state index < -0.39 is 10.0 Å². The first-order valence-corrected chi connectivity index (χ1v) is 7.97. The number of nitrogens with zero attached hydrogens (tertiary/aromatic N) is 1. The number of benzene rings is 1. The Bertz CT molecular complexity index is 629. The molecule has 1 amide bonds. The fraction of sp³-hybridized carbons (Fsp3) is 0.417. The molecule has 0 aliphatic carbocycles. The van der Waals surface area contributed by atoms with Gasteiger partial charge in [-0.1, -0.05) is 12.1 Å². The molecule has 0 aromatic heterocycles. The second kappa shape index (κ2) is 4.21. The number of rotatable bonds is 2. The monoisotopic (exact) mass is 281 g/mol. The number of amides is 1. The van der Waals surface area contributed by atoms with E-state index in [1.54, 1.807) is 0 Å². The van der Waals surface area contributed by atoms with Crippen molar-refractivity contribution in [3.05, 3.63) is 24.3 Å². The van der Waals surface area contributed by atoms with Crippen LogP contribution in [0.25, 0.3) is 0 Å². The van der Waals surface area contributed by atoms with Crippen LogP contribution in [0.5, 0.6) is 0 Å². The first-order chi connectivity index (χ1) is 8.94. The summed E-state index contributed by atoms with van der Waals surface area (Å²) in [5.74, 6) is -0.0727. The molecular weight excluding hydrogens is 266 g/mol. The highest BCUT2D eigenvalue weighted by Gasteiger charge is 2.41. The molecule has 0 spiro atoms. The fourth-order valence-electron chi connectivity index (χ4n) is 2.78. The van der Waals surface area contributed by atoms with E-state index in [2.05, 4.69) is 10.0 Å². The molecule has 1 fully saturated rings. The van der Waals surface area contributed by atoms with Crippen molar-refractivity contribution in [3.8, 4) is 0 Å². The Morgan fingerprint density at radius 3 is 2.84 bits per heavy atom. The van der Waals surface area contributed by atoms with Gasteiger partial charge in [-0.25, -0.2) is 13.1 Å². The van der Waals surface area contributed by atoms with Gasteiger partial charge >= 0.3 is 0 Å².